The van der Waals surface area contributed by atoms with Gasteiger partial charge in [0.15, 0.2) is 5.82 Å². The van der Waals surface area contributed by atoms with Crippen LogP contribution < -0.4 is 15.4 Å². The topological polar surface area (TPSA) is 112 Å². The molecule has 0 unspecified atom stereocenters. The normalized spacial score (nSPS) is 23.5. The highest BCUT2D eigenvalue weighted by molar-refractivity contribution is 7.23. The average Bonchev–Trinajstić information content (AvgIpc) is 3.86. The summed E-state index contributed by atoms with van der Waals surface area (Å²) in [6.45, 7) is 9.88. The minimum atomic E-state index is -0.962. The predicted octanol–water partition coefficient (Wildman–Crippen LogP) is 7.24. The number of nitriles is 1. The van der Waals surface area contributed by atoms with Gasteiger partial charge in [-0.1, -0.05) is 31.2 Å². The Kier molecular flexibility index (Phi) is 9.07. The molecule has 3 saturated heterocycles. The van der Waals surface area contributed by atoms with Gasteiger partial charge in [0.25, 0.3) is 0 Å². The maximum absolute atomic E-state index is 17.2. The van der Waals surface area contributed by atoms with E-state index in [1.807, 2.05) is 24.8 Å². The number of carbonyl (C=O) groups excluding carboxylic acids is 1. The molecule has 262 valence electrons. The zero-order chi connectivity index (χ0) is 35.5. The van der Waals surface area contributed by atoms with E-state index < -0.39 is 23.3 Å². The molecule has 0 bridgehead atoms. The van der Waals surface area contributed by atoms with E-state index in [-0.39, 0.29) is 72.9 Å². The largest absolute Gasteiger partial charge is 0.461 e. The Morgan fingerprint density at radius 3 is 2.84 bits per heavy atom. The number of nitrogens with two attached hydrogens (primary N) is 1. The van der Waals surface area contributed by atoms with Gasteiger partial charge in [-0.25, -0.2) is 13.2 Å². The van der Waals surface area contributed by atoms with Crippen LogP contribution in [0.15, 0.2) is 30.9 Å². The number of aromatic nitrogens is 2. The van der Waals surface area contributed by atoms with Gasteiger partial charge in [0.2, 0.25) is 5.91 Å². The Morgan fingerprint density at radius 2 is 2.12 bits per heavy atom. The molecule has 2 N–H and O–H groups in total. The number of rotatable bonds is 9. The van der Waals surface area contributed by atoms with Crippen LogP contribution in [0, 0.1) is 23.0 Å². The predicted molar refractivity (Wildman–Crippen MR) is 190 cm³/mol. The van der Waals surface area contributed by atoms with E-state index in [0.29, 0.717) is 50.1 Å². The molecule has 9 nitrogen and oxygen atoms in total. The van der Waals surface area contributed by atoms with Crippen molar-refractivity contribution in [2.45, 2.75) is 69.7 Å². The maximum atomic E-state index is 17.2. The number of carbonyl (C=O) groups is 1. The highest BCUT2D eigenvalue weighted by Crippen LogP contribution is 2.46. The molecular weight excluding hydrogens is 687 g/mol. The lowest BCUT2D eigenvalue weighted by molar-refractivity contribution is -0.126. The highest BCUT2D eigenvalue weighted by Gasteiger charge is 2.49. The molecule has 4 atom stereocenters. The zero-order valence-corrected chi connectivity index (χ0v) is 29.4. The van der Waals surface area contributed by atoms with Crippen LogP contribution in [-0.2, 0) is 4.79 Å². The van der Waals surface area contributed by atoms with Gasteiger partial charge in [0, 0.05) is 42.4 Å². The molecular formula is C36H37ClF3N7O2S. The lowest BCUT2D eigenvalue weighted by Gasteiger charge is -2.36. The first-order valence-electron chi connectivity index (χ1n) is 16.9. The third-order valence-electron chi connectivity index (χ3n) is 10.7. The number of alkyl halides is 1. The SMILES string of the molecule is C=CC(=O)N1CC[C@@H](N(CC)c2nc(OC[C@@]34CCCN3C[C@H](F)C4)nc3c(F)c(-c4ccc(F)c5sc(N)c(C#N)c45)c(Cl)cc23)[C@@H]1CC. The number of nitrogens with zero attached hydrogens (tertiary/aromatic N) is 6. The van der Waals surface area contributed by atoms with Crippen LogP contribution in [0.5, 0.6) is 6.01 Å². The molecule has 7 rings (SSSR count). The second-order valence-corrected chi connectivity index (χ2v) is 14.7. The van der Waals surface area contributed by atoms with Gasteiger partial charge in [0.1, 0.15) is 41.0 Å². The van der Waals surface area contributed by atoms with Crippen molar-refractivity contribution in [3.8, 4) is 23.2 Å². The Morgan fingerprint density at radius 1 is 1.32 bits per heavy atom. The summed E-state index contributed by atoms with van der Waals surface area (Å²) in [5.41, 5.74) is 5.68. The van der Waals surface area contributed by atoms with Gasteiger partial charge in [0.05, 0.1) is 32.9 Å². The number of thiophene rings is 1. The summed E-state index contributed by atoms with van der Waals surface area (Å²) in [6, 6.07) is 5.78. The molecule has 14 heteroatoms. The van der Waals surface area contributed by atoms with Crippen molar-refractivity contribution in [3.05, 3.63) is 53.1 Å². The van der Waals surface area contributed by atoms with E-state index in [4.69, 9.17) is 27.1 Å². The fourth-order valence-electron chi connectivity index (χ4n) is 8.47. The van der Waals surface area contributed by atoms with Gasteiger partial charge in [-0.15, -0.1) is 11.3 Å². The summed E-state index contributed by atoms with van der Waals surface area (Å²) in [5, 5.41) is 10.5. The van der Waals surface area contributed by atoms with Crippen LogP contribution in [0.1, 0.15) is 51.5 Å². The molecule has 3 fully saturated rings. The van der Waals surface area contributed by atoms with E-state index >= 15 is 4.39 Å². The molecule has 1 amide bonds. The number of likely N-dealkylation sites (N-methyl/N-ethyl adjacent to an activating group) is 1. The van der Waals surface area contributed by atoms with Gasteiger partial charge in [-0.05, 0) is 62.9 Å². The lowest BCUT2D eigenvalue weighted by Crippen LogP contribution is -2.47. The van der Waals surface area contributed by atoms with Crippen molar-refractivity contribution < 1.29 is 22.7 Å². The summed E-state index contributed by atoms with van der Waals surface area (Å²) in [5.74, 6) is -1.17. The molecule has 2 aromatic heterocycles. The monoisotopic (exact) mass is 723 g/mol. The molecule has 3 aliphatic rings. The first-order valence-corrected chi connectivity index (χ1v) is 18.1. The second-order valence-electron chi connectivity index (χ2n) is 13.2. The maximum Gasteiger partial charge on any atom is 0.319 e. The van der Waals surface area contributed by atoms with Crippen LogP contribution in [0.4, 0.5) is 24.0 Å². The molecule has 5 heterocycles. The molecule has 2 aromatic carbocycles. The molecule has 4 aromatic rings. The third kappa shape index (κ3) is 5.43. The standard InChI is InChI=1S/C36H37ClF3N7O2S/c1-4-25-26(10-13-47(25)27(48)5-2)46(6-3)34-21-14-23(37)29(20-8-9-24(39)32-28(20)22(16-41)33(42)50-32)30(40)31(21)43-35(44-34)49-18-36-11-7-12-45(36)17-19(38)15-36/h5,8-9,14,19,25-26H,2,4,6-7,10-13,15,17-18,42H2,1,3H3/t19-,25+,26-,36+/m1/s1. The van der Waals surface area contributed by atoms with Crippen LogP contribution in [0.2, 0.25) is 5.02 Å². The van der Waals surface area contributed by atoms with Gasteiger partial charge in [-0.3, -0.25) is 9.69 Å². The summed E-state index contributed by atoms with van der Waals surface area (Å²) in [4.78, 5) is 28.2. The fraction of sp³-hybridized carbons (Fsp3) is 0.444. The molecule has 3 aliphatic heterocycles. The Hall–Kier alpha value is -4.12. The number of likely N-dealkylation sites (tertiary alicyclic amines) is 1. The Labute approximate surface area is 297 Å². The van der Waals surface area contributed by atoms with E-state index in [0.717, 1.165) is 30.7 Å². The van der Waals surface area contributed by atoms with E-state index in [1.54, 1.807) is 11.0 Å². The van der Waals surface area contributed by atoms with Crippen molar-refractivity contribution in [1.29, 1.82) is 5.26 Å². The molecule has 0 aliphatic carbocycles. The number of hydrogen-bond donors (Lipinski definition) is 1. The number of amides is 1. The van der Waals surface area contributed by atoms with Crippen LogP contribution in [0.25, 0.3) is 32.1 Å². The van der Waals surface area contributed by atoms with Crippen molar-refractivity contribution in [2.24, 2.45) is 0 Å². The smallest absolute Gasteiger partial charge is 0.319 e. The van der Waals surface area contributed by atoms with E-state index in [9.17, 15) is 18.8 Å². The summed E-state index contributed by atoms with van der Waals surface area (Å²) in [7, 11) is 0. The number of fused-ring (bicyclic) bond motifs is 3. The zero-order valence-electron chi connectivity index (χ0n) is 27.8. The van der Waals surface area contributed by atoms with Gasteiger partial charge >= 0.3 is 6.01 Å². The summed E-state index contributed by atoms with van der Waals surface area (Å²) in [6.07, 6.45) is 3.68. The Balaban J connectivity index is 1.41. The second kappa shape index (κ2) is 13.2. The van der Waals surface area contributed by atoms with Gasteiger partial charge in [-0.2, -0.15) is 15.2 Å². The van der Waals surface area contributed by atoms with Crippen molar-refractivity contribution in [2.75, 3.05) is 43.4 Å². The molecule has 0 radical (unpaired) electrons. The van der Waals surface area contributed by atoms with Crippen molar-refractivity contribution >= 4 is 60.7 Å². The lowest BCUT2D eigenvalue weighted by atomic mass is 9.95. The van der Waals surface area contributed by atoms with E-state index in [2.05, 4.69) is 16.5 Å². The third-order valence-corrected chi connectivity index (χ3v) is 12.0. The summed E-state index contributed by atoms with van der Waals surface area (Å²) < 4.78 is 53.1. The molecule has 50 heavy (non-hydrogen) atoms. The number of benzene rings is 2. The van der Waals surface area contributed by atoms with Crippen LogP contribution in [0.3, 0.4) is 0 Å². The minimum absolute atomic E-state index is 0.00787. The number of ether oxygens (including phenoxy) is 1. The first kappa shape index (κ1) is 34.3. The molecule has 0 spiro atoms. The highest BCUT2D eigenvalue weighted by atomic mass is 35.5. The van der Waals surface area contributed by atoms with Crippen LogP contribution >= 0.6 is 22.9 Å². The number of anilines is 2. The quantitative estimate of drug-likeness (QED) is 0.180. The average molecular weight is 724 g/mol. The summed E-state index contributed by atoms with van der Waals surface area (Å²) >= 11 is 7.82. The number of nitrogen functional groups attached to an aromatic ring is 1. The first-order chi connectivity index (χ1) is 24.0. The van der Waals surface area contributed by atoms with E-state index in [1.165, 1.54) is 18.2 Å². The van der Waals surface area contributed by atoms with Crippen molar-refractivity contribution in [1.82, 2.24) is 19.8 Å². The van der Waals surface area contributed by atoms with Gasteiger partial charge < -0.3 is 20.3 Å². The minimum Gasteiger partial charge on any atom is -0.461 e. The van der Waals surface area contributed by atoms with Crippen LogP contribution in [-0.4, -0.2) is 82.3 Å². The fourth-order valence-corrected chi connectivity index (χ4v) is 9.72. The number of hydrogen-bond acceptors (Lipinski definition) is 9. The number of halogens is 4. The van der Waals surface area contributed by atoms with Crippen molar-refractivity contribution in [3.63, 3.8) is 0 Å². The molecule has 0 saturated carbocycles. The Bertz CT molecular complexity index is 2070.